The number of anilines is 1. The number of halogens is 1. The van der Waals surface area contributed by atoms with Crippen molar-refractivity contribution >= 4 is 17.4 Å². The van der Waals surface area contributed by atoms with Crippen LogP contribution in [0.2, 0.25) is 0 Å². The van der Waals surface area contributed by atoms with E-state index in [0.29, 0.717) is 32.2 Å². The average Bonchev–Trinajstić information content (AvgIpc) is 3.37. The van der Waals surface area contributed by atoms with Crippen molar-refractivity contribution in [3.05, 3.63) is 95.3 Å². The van der Waals surface area contributed by atoms with Crippen molar-refractivity contribution < 1.29 is 18.7 Å². The number of carbonyl (C=O) groups excluding carboxylic acids is 2. The fourth-order valence-corrected chi connectivity index (χ4v) is 5.53. The summed E-state index contributed by atoms with van der Waals surface area (Å²) in [7, 11) is 1.63. The number of methoxy groups -OCH3 is 1. The second-order valence-corrected chi connectivity index (χ2v) is 9.01. The van der Waals surface area contributed by atoms with Crippen LogP contribution in [0.25, 0.3) is 0 Å². The number of ether oxygens (including phenoxy) is 1. The van der Waals surface area contributed by atoms with Crippen LogP contribution in [0, 0.1) is 11.7 Å². The summed E-state index contributed by atoms with van der Waals surface area (Å²) in [6.45, 7) is 0.358. The zero-order chi connectivity index (χ0) is 23.0. The minimum absolute atomic E-state index is 0.00976. The summed E-state index contributed by atoms with van der Waals surface area (Å²) in [5.41, 5.74) is 2.88. The molecule has 33 heavy (non-hydrogen) atoms. The lowest BCUT2D eigenvalue weighted by Gasteiger charge is -2.35. The average molecular weight is 444 g/mol. The summed E-state index contributed by atoms with van der Waals surface area (Å²) in [5.74, 6) is 0.599. The quantitative estimate of drug-likeness (QED) is 0.524. The SMILES string of the molecule is COc1cccc(C[C@@]2([C@H]3CCC(=O)C3)C(=O)N(Cc3ccc(F)cc3)c3ccccc32)c1. The Morgan fingerprint density at radius 2 is 1.79 bits per heavy atom. The molecule has 0 unspecified atom stereocenters. The van der Waals surface area contributed by atoms with E-state index in [1.54, 1.807) is 19.2 Å². The molecule has 1 heterocycles. The standard InChI is InChI=1S/C28H26FNO3/c1-33-24-6-4-5-20(15-24)17-28(21-11-14-23(31)16-21)25-7-2-3-8-26(25)30(27(28)32)18-19-9-12-22(29)13-10-19/h2-10,12-13,15,21H,11,14,16-18H2,1H3/t21-,28-/m0/s1. The number of hydrogen-bond acceptors (Lipinski definition) is 3. The molecule has 0 saturated heterocycles. The number of Topliss-reactive ketones (excluding diaryl/α,β-unsaturated/α-hetero) is 1. The van der Waals surface area contributed by atoms with Crippen LogP contribution in [0.5, 0.6) is 5.75 Å². The van der Waals surface area contributed by atoms with Crippen LogP contribution in [0.1, 0.15) is 36.0 Å². The largest absolute Gasteiger partial charge is 0.497 e. The number of hydrogen-bond donors (Lipinski definition) is 0. The highest BCUT2D eigenvalue weighted by Gasteiger charge is 2.56. The first-order valence-corrected chi connectivity index (χ1v) is 11.3. The third-order valence-corrected chi connectivity index (χ3v) is 7.12. The van der Waals surface area contributed by atoms with E-state index in [1.807, 2.05) is 53.4 Å². The summed E-state index contributed by atoms with van der Waals surface area (Å²) in [6.07, 6.45) is 2.12. The zero-order valence-electron chi connectivity index (χ0n) is 18.6. The molecule has 168 valence electrons. The molecule has 3 aromatic carbocycles. The molecular weight excluding hydrogens is 417 g/mol. The molecule has 1 saturated carbocycles. The minimum Gasteiger partial charge on any atom is -0.497 e. The van der Waals surface area contributed by atoms with Crippen LogP contribution in [-0.4, -0.2) is 18.8 Å². The molecular formula is C28H26FNO3. The second-order valence-electron chi connectivity index (χ2n) is 9.01. The first kappa shape index (κ1) is 21.4. The lowest BCUT2D eigenvalue weighted by atomic mass is 9.66. The number of para-hydroxylation sites is 1. The van der Waals surface area contributed by atoms with Gasteiger partial charge in [-0.1, -0.05) is 42.5 Å². The van der Waals surface area contributed by atoms with E-state index in [4.69, 9.17) is 4.74 Å². The molecule has 1 amide bonds. The molecule has 2 aliphatic rings. The Hall–Kier alpha value is -3.47. The third-order valence-electron chi connectivity index (χ3n) is 7.12. The highest BCUT2D eigenvalue weighted by Crippen LogP contribution is 2.52. The van der Waals surface area contributed by atoms with Crippen molar-refractivity contribution in [3.63, 3.8) is 0 Å². The van der Waals surface area contributed by atoms with Gasteiger partial charge in [-0.25, -0.2) is 4.39 Å². The molecule has 0 N–H and O–H groups in total. The smallest absolute Gasteiger partial charge is 0.238 e. The summed E-state index contributed by atoms with van der Waals surface area (Å²) in [4.78, 5) is 28.5. The predicted molar refractivity (Wildman–Crippen MR) is 125 cm³/mol. The number of benzene rings is 3. The van der Waals surface area contributed by atoms with Crippen molar-refractivity contribution in [1.82, 2.24) is 0 Å². The summed E-state index contributed by atoms with van der Waals surface area (Å²) in [5, 5.41) is 0. The van der Waals surface area contributed by atoms with Crippen molar-refractivity contribution in [3.8, 4) is 5.75 Å². The lowest BCUT2D eigenvalue weighted by molar-refractivity contribution is -0.125. The molecule has 1 aliphatic heterocycles. The maximum atomic E-state index is 14.3. The van der Waals surface area contributed by atoms with Gasteiger partial charge in [0.15, 0.2) is 0 Å². The second kappa shape index (κ2) is 8.47. The van der Waals surface area contributed by atoms with Gasteiger partial charge in [-0.15, -0.1) is 0 Å². The molecule has 5 heteroatoms. The molecule has 5 rings (SSSR count). The van der Waals surface area contributed by atoms with Gasteiger partial charge in [0.25, 0.3) is 0 Å². The number of amides is 1. The van der Waals surface area contributed by atoms with Gasteiger partial charge in [-0.05, 0) is 65.8 Å². The summed E-state index contributed by atoms with van der Waals surface area (Å²) in [6, 6.07) is 22.0. The first-order chi connectivity index (χ1) is 16.0. The monoisotopic (exact) mass is 443 g/mol. The fourth-order valence-electron chi connectivity index (χ4n) is 5.53. The number of rotatable bonds is 6. The van der Waals surface area contributed by atoms with Crippen LogP contribution in [0.15, 0.2) is 72.8 Å². The van der Waals surface area contributed by atoms with Crippen LogP contribution in [-0.2, 0) is 28.0 Å². The van der Waals surface area contributed by atoms with Crippen molar-refractivity contribution in [2.45, 2.75) is 37.6 Å². The lowest BCUT2D eigenvalue weighted by Crippen LogP contribution is -2.46. The van der Waals surface area contributed by atoms with E-state index in [9.17, 15) is 14.0 Å². The van der Waals surface area contributed by atoms with Gasteiger partial charge in [-0.2, -0.15) is 0 Å². The Bertz CT molecular complexity index is 1210. The van der Waals surface area contributed by atoms with E-state index in [2.05, 4.69) is 0 Å². The van der Waals surface area contributed by atoms with Crippen LogP contribution >= 0.6 is 0 Å². The number of carbonyl (C=O) groups is 2. The molecule has 3 aromatic rings. The van der Waals surface area contributed by atoms with Gasteiger partial charge in [-0.3, -0.25) is 9.59 Å². The normalized spacial score (nSPS) is 22.0. The first-order valence-electron chi connectivity index (χ1n) is 11.3. The third kappa shape index (κ3) is 3.71. The van der Waals surface area contributed by atoms with E-state index in [0.717, 1.165) is 28.1 Å². The maximum absolute atomic E-state index is 14.3. The molecule has 0 spiro atoms. The van der Waals surface area contributed by atoms with Gasteiger partial charge in [0.2, 0.25) is 5.91 Å². The van der Waals surface area contributed by atoms with Gasteiger partial charge in [0, 0.05) is 18.5 Å². The Morgan fingerprint density at radius 1 is 1.00 bits per heavy atom. The van der Waals surface area contributed by atoms with Crippen molar-refractivity contribution in [1.29, 1.82) is 0 Å². The van der Waals surface area contributed by atoms with Crippen molar-refractivity contribution in [2.24, 2.45) is 5.92 Å². The van der Waals surface area contributed by atoms with Gasteiger partial charge in [0.1, 0.15) is 17.3 Å². The van der Waals surface area contributed by atoms with Gasteiger partial charge < -0.3 is 9.64 Å². The van der Waals surface area contributed by atoms with E-state index in [1.165, 1.54) is 12.1 Å². The summed E-state index contributed by atoms with van der Waals surface area (Å²) < 4.78 is 18.9. The highest BCUT2D eigenvalue weighted by molar-refractivity contribution is 6.09. The molecule has 1 aliphatic carbocycles. The molecule has 2 atom stereocenters. The molecule has 0 radical (unpaired) electrons. The fraction of sp³-hybridized carbons (Fsp3) is 0.286. The number of fused-ring (bicyclic) bond motifs is 1. The van der Waals surface area contributed by atoms with Crippen LogP contribution in [0.3, 0.4) is 0 Å². The maximum Gasteiger partial charge on any atom is 0.238 e. The van der Waals surface area contributed by atoms with Crippen molar-refractivity contribution in [2.75, 3.05) is 12.0 Å². The zero-order valence-corrected chi connectivity index (χ0v) is 18.6. The Labute approximate surface area is 193 Å². The Morgan fingerprint density at radius 3 is 2.52 bits per heavy atom. The van der Waals surface area contributed by atoms with Crippen LogP contribution < -0.4 is 9.64 Å². The van der Waals surface area contributed by atoms with E-state index in [-0.39, 0.29) is 23.4 Å². The molecule has 4 nitrogen and oxygen atoms in total. The van der Waals surface area contributed by atoms with E-state index >= 15 is 0 Å². The van der Waals surface area contributed by atoms with Crippen LogP contribution in [0.4, 0.5) is 10.1 Å². The summed E-state index contributed by atoms with van der Waals surface area (Å²) >= 11 is 0. The van der Waals surface area contributed by atoms with Gasteiger partial charge >= 0.3 is 0 Å². The molecule has 1 fully saturated rings. The van der Waals surface area contributed by atoms with Gasteiger partial charge in [0.05, 0.1) is 19.1 Å². The molecule has 0 aromatic heterocycles. The predicted octanol–water partition coefficient (Wildman–Crippen LogP) is 5.23. The topological polar surface area (TPSA) is 46.6 Å². The molecule has 0 bridgehead atoms. The number of ketones is 1. The Kier molecular flexibility index (Phi) is 5.49. The highest BCUT2D eigenvalue weighted by atomic mass is 19.1. The Balaban J connectivity index is 1.62. The number of nitrogens with zero attached hydrogens (tertiary/aromatic N) is 1. The minimum atomic E-state index is -0.824. The van der Waals surface area contributed by atoms with E-state index < -0.39 is 5.41 Å².